The summed E-state index contributed by atoms with van der Waals surface area (Å²) in [5.41, 5.74) is 2.37. The number of rotatable bonds is 4. The Labute approximate surface area is 271 Å². The van der Waals surface area contributed by atoms with Crippen LogP contribution < -0.4 is 14.8 Å². The molecule has 0 spiro atoms. The Morgan fingerprint density at radius 1 is 1.17 bits per heavy atom. The van der Waals surface area contributed by atoms with Gasteiger partial charge in [-0.1, -0.05) is 17.7 Å². The number of hydrogen-bond donors (Lipinski definition) is 2. The van der Waals surface area contributed by atoms with Crippen LogP contribution in [0.4, 0.5) is 4.39 Å². The topological polar surface area (TPSA) is 143 Å². The third kappa shape index (κ3) is 8.13. The molecular weight excluding hydrogens is 621 g/mol. The van der Waals surface area contributed by atoms with Gasteiger partial charge in [0.05, 0.1) is 37.3 Å². The highest BCUT2D eigenvalue weighted by molar-refractivity contribution is 6.31. The fraction of sp³-hybridized carbons (Fsp3) is 0.406. The maximum absolute atomic E-state index is 14.5. The molecule has 3 amide bonds. The lowest BCUT2D eigenvalue weighted by molar-refractivity contribution is -0.130. The first kappa shape index (κ1) is 34.2. The summed E-state index contributed by atoms with van der Waals surface area (Å²) in [6, 6.07) is 9.36. The van der Waals surface area contributed by atoms with Crippen LogP contribution in [0.5, 0.6) is 11.5 Å². The van der Waals surface area contributed by atoms with Gasteiger partial charge in [-0.05, 0) is 49.2 Å². The number of nitrogens with one attached hydrogen (secondary N) is 1. The first-order valence-electron chi connectivity index (χ1n) is 14.7. The number of nitrogens with zero attached hydrogens (tertiary/aromatic N) is 4. The fourth-order valence-corrected chi connectivity index (χ4v) is 5.94. The summed E-state index contributed by atoms with van der Waals surface area (Å²) in [7, 11) is 3.35. The Kier molecular flexibility index (Phi) is 11.6. The minimum absolute atomic E-state index is 0.0679. The number of aromatic nitrogens is 2. The van der Waals surface area contributed by atoms with Gasteiger partial charge in [-0.15, -0.1) is 0 Å². The van der Waals surface area contributed by atoms with Crippen LogP contribution >= 0.6 is 11.6 Å². The molecular formula is C32H37ClFN5O7. The predicted molar refractivity (Wildman–Crippen MR) is 167 cm³/mol. The number of benzene rings is 2. The normalized spacial score (nSPS) is 18.2. The van der Waals surface area contributed by atoms with Gasteiger partial charge in [0.1, 0.15) is 12.4 Å². The number of ether oxygens (including phenoxy) is 2. The Bertz CT molecular complexity index is 1580. The van der Waals surface area contributed by atoms with Crippen molar-refractivity contribution < 1.29 is 38.1 Å². The highest BCUT2D eigenvalue weighted by Crippen LogP contribution is 2.38. The molecule has 2 aliphatic rings. The van der Waals surface area contributed by atoms with Crippen LogP contribution in [0.2, 0.25) is 5.02 Å². The van der Waals surface area contributed by atoms with E-state index in [1.54, 1.807) is 15.6 Å². The zero-order valence-electron chi connectivity index (χ0n) is 25.9. The van der Waals surface area contributed by atoms with Gasteiger partial charge in [-0.3, -0.25) is 23.9 Å². The minimum atomic E-state index is -0.664. The van der Waals surface area contributed by atoms with Crippen LogP contribution in [-0.4, -0.2) is 95.3 Å². The maximum atomic E-state index is 14.5. The standard InChI is InChI=1S/C31H35ClFN5O5.CH2O2/c1-19-21(16-36(2)35-19)14-29(39)38-17-24-20-5-8-27(42-3)28(13-20)43-12-11-37(10-4-9-34-30(40)25(24)18-38)31(41)23-15-22(32)6-7-26(23)33;2-1-3/h5-8,13,15-16,24-25H,4,9-12,14,17-18H2,1-3H3,(H,34,40);1H,(H,2,3)/t24-,25+;/m1./s1. The molecule has 1 saturated heterocycles. The van der Waals surface area contributed by atoms with Crippen LogP contribution in [0.25, 0.3) is 0 Å². The van der Waals surface area contributed by atoms with Crippen molar-refractivity contribution in [2.45, 2.75) is 25.7 Å². The molecule has 3 heterocycles. The summed E-state index contributed by atoms with van der Waals surface area (Å²) >= 11 is 6.04. The number of carbonyl (C=O) groups excluding carboxylic acids is 3. The quantitative estimate of drug-likeness (QED) is 0.408. The largest absolute Gasteiger partial charge is 0.493 e. The number of amides is 3. The Balaban J connectivity index is 0.00000154. The summed E-state index contributed by atoms with van der Waals surface area (Å²) < 4.78 is 27.8. The SMILES string of the molecule is COc1ccc2cc1OCCN(C(=O)c1cc(Cl)ccc1F)CCCNC(=O)[C@H]1CN(C(=O)Cc3cn(C)nc3C)C[C@H]21.O=CO. The zero-order valence-corrected chi connectivity index (χ0v) is 26.6. The first-order chi connectivity index (χ1) is 22.1. The van der Waals surface area contributed by atoms with Gasteiger partial charge >= 0.3 is 0 Å². The summed E-state index contributed by atoms with van der Waals surface area (Å²) in [5, 5.41) is 14.5. The van der Waals surface area contributed by atoms with Crippen molar-refractivity contribution >= 4 is 35.8 Å². The molecule has 2 atom stereocenters. The molecule has 14 heteroatoms. The summed E-state index contributed by atoms with van der Waals surface area (Å²) in [5.74, 6) is -1.21. The van der Waals surface area contributed by atoms with Crippen molar-refractivity contribution in [3.8, 4) is 11.5 Å². The lowest BCUT2D eigenvalue weighted by atomic mass is 9.88. The Morgan fingerprint density at radius 2 is 1.91 bits per heavy atom. The highest BCUT2D eigenvalue weighted by Gasteiger charge is 2.40. The van der Waals surface area contributed by atoms with Crippen molar-refractivity contribution in [3.05, 3.63) is 75.8 Å². The minimum Gasteiger partial charge on any atom is -0.493 e. The summed E-state index contributed by atoms with van der Waals surface area (Å²) in [6.45, 7) is 3.15. The maximum Gasteiger partial charge on any atom is 0.290 e. The van der Waals surface area contributed by atoms with Gasteiger partial charge in [0.2, 0.25) is 11.8 Å². The number of fused-ring (bicyclic) bond motifs is 4. The molecule has 1 fully saturated rings. The molecule has 0 saturated carbocycles. The molecule has 3 aromatic rings. The molecule has 46 heavy (non-hydrogen) atoms. The van der Waals surface area contributed by atoms with Crippen LogP contribution in [0.15, 0.2) is 42.6 Å². The highest BCUT2D eigenvalue weighted by atomic mass is 35.5. The monoisotopic (exact) mass is 657 g/mol. The van der Waals surface area contributed by atoms with E-state index in [1.165, 1.54) is 24.1 Å². The van der Waals surface area contributed by atoms with E-state index in [4.69, 9.17) is 31.0 Å². The molecule has 1 aromatic heterocycles. The number of methoxy groups -OCH3 is 1. The number of halogens is 2. The molecule has 2 aliphatic heterocycles. The molecule has 12 nitrogen and oxygen atoms in total. The number of hydrogen-bond acceptors (Lipinski definition) is 7. The van der Waals surface area contributed by atoms with Crippen molar-refractivity contribution in [2.75, 3.05) is 46.4 Å². The Morgan fingerprint density at radius 3 is 2.61 bits per heavy atom. The van der Waals surface area contributed by atoms with Gasteiger partial charge in [-0.2, -0.15) is 5.10 Å². The van der Waals surface area contributed by atoms with E-state index in [0.717, 1.165) is 22.9 Å². The second-order valence-corrected chi connectivity index (χ2v) is 11.5. The van der Waals surface area contributed by atoms with E-state index in [2.05, 4.69) is 10.4 Å². The van der Waals surface area contributed by atoms with Crippen molar-refractivity contribution in [1.29, 1.82) is 0 Å². The number of aryl methyl sites for hydroxylation is 2. The molecule has 0 aliphatic carbocycles. The van der Waals surface area contributed by atoms with E-state index < -0.39 is 17.6 Å². The third-order valence-electron chi connectivity index (χ3n) is 8.05. The molecule has 246 valence electrons. The van der Waals surface area contributed by atoms with Crippen molar-refractivity contribution in [3.63, 3.8) is 0 Å². The van der Waals surface area contributed by atoms with Gasteiger partial charge < -0.3 is 29.7 Å². The number of carboxylic acid groups (broad SMARTS) is 1. The third-order valence-corrected chi connectivity index (χ3v) is 8.29. The summed E-state index contributed by atoms with van der Waals surface area (Å²) in [6.07, 6.45) is 2.48. The number of likely N-dealkylation sites (tertiary alicyclic amines) is 1. The molecule has 2 bridgehead atoms. The van der Waals surface area contributed by atoms with Crippen molar-refractivity contribution in [2.24, 2.45) is 13.0 Å². The molecule has 2 N–H and O–H groups in total. The second-order valence-electron chi connectivity index (χ2n) is 11.0. The van der Waals surface area contributed by atoms with E-state index in [9.17, 15) is 18.8 Å². The summed E-state index contributed by atoms with van der Waals surface area (Å²) in [4.78, 5) is 51.8. The Hall–Kier alpha value is -4.65. The first-order valence-corrected chi connectivity index (χ1v) is 15.1. The zero-order chi connectivity index (χ0) is 33.4. The van der Waals surface area contributed by atoms with Crippen LogP contribution in [-0.2, 0) is 27.9 Å². The smallest absolute Gasteiger partial charge is 0.290 e. The fourth-order valence-electron chi connectivity index (χ4n) is 5.77. The van der Waals surface area contributed by atoms with Crippen LogP contribution in [0.1, 0.15) is 39.5 Å². The lowest BCUT2D eigenvalue weighted by Crippen LogP contribution is -2.39. The van der Waals surface area contributed by atoms with Gasteiger partial charge in [0, 0.05) is 55.9 Å². The van der Waals surface area contributed by atoms with Gasteiger partial charge in [0.25, 0.3) is 12.4 Å². The average molecular weight is 658 g/mol. The van der Waals surface area contributed by atoms with Crippen LogP contribution in [0.3, 0.4) is 0 Å². The van der Waals surface area contributed by atoms with Crippen LogP contribution in [0, 0.1) is 18.7 Å². The van der Waals surface area contributed by atoms with Gasteiger partial charge in [-0.25, -0.2) is 4.39 Å². The molecule has 5 rings (SSSR count). The molecule has 2 aromatic carbocycles. The molecule has 0 unspecified atom stereocenters. The lowest BCUT2D eigenvalue weighted by Gasteiger charge is -2.25. The van der Waals surface area contributed by atoms with E-state index in [1.807, 2.05) is 32.3 Å². The van der Waals surface area contributed by atoms with Crippen molar-refractivity contribution in [1.82, 2.24) is 24.9 Å². The van der Waals surface area contributed by atoms with E-state index in [-0.39, 0.29) is 67.5 Å². The second kappa shape index (κ2) is 15.6. The average Bonchev–Trinajstić information content (AvgIpc) is 3.61. The van der Waals surface area contributed by atoms with Gasteiger partial charge in [0.15, 0.2) is 11.5 Å². The van der Waals surface area contributed by atoms with E-state index >= 15 is 0 Å². The number of carbonyl (C=O) groups is 4. The predicted octanol–water partition coefficient (Wildman–Crippen LogP) is 3.06. The molecule has 0 radical (unpaired) electrons. The van der Waals surface area contributed by atoms with E-state index in [0.29, 0.717) is 31.0 Å².